The predicted molar refractivity (Wildman–Crippen MR) is 110 cm³/mol. The Morgan fingerprint density at radius 2 is 2.04 bits per heavy atom. The Kier molecular flexibility index (Phi) is 5.60. The van der Waals surface area contributed by atoms with Gasteiger partial charge in [-0.3, -0.25) is 0 Å². The number of benzene rings is 1. The third-order valence-electron chi connectivity index (χ3n) is 4.42. The summed E-state index contributed by atoms with van der Waals surface area (Å²) in [5.74, 6) is 1.66. The van der Waals surface area contributed by atoms with Gasteiger partial charge in [-0.1, -0.05) is 18.2 Å². The Labute approximate surface area is 169 Å². The van der Waals surface area contributed by atoms with E-state index in [1.165, 1.54) is 0 Å². The fraction of sp³-hybridized carbons (Fsp3) is 0.300. The fourth-order valence-electron chi connectivity index (χ4n) is 3.25. The first-order valence-electron chi connectivity index (χ1n) is 8.92. The minimum atomic E-state index is -0.941. The summed E-state index contributed by atoms with van der Waals surface area (Å²) in [4.78, 5) is 7.88. The molecule has 0 saturated heterocycles. The molecule has 1 aromatic carbocycles. The molecule has 1 atom stereocenters. The first kappa shape index (κ1) is 20.1. The molecule has 0 spiro atoms. The maximum atomic E-state index is 10.3. The molecule has 4 rings (SSSR count). The van der Waals surface area contributed by atoms with Gasteiger partial charge in [-0.05, 0) is 44.0 Å². The number of para-hydroxylation sites is 1. The molecule has 4 N–H and O–H groups in total. The highest BCUT2D eigenvalue weighted by Crippen LogP contribution is 2.25. The number of hydrogen-bond donors (Lipinski definition) is 3. The lowest BCUT2D eigenvalue weighted by atomic mass is 10.0. The topological polar surface area (TPSA) is 106 Å². The van der Waals surface area contributed by atoms with Crippen LogP contribution in [0.15, 0.2) is 53.3 Å². The lowest BCUT2D eigenvalue weighted by molar-refractivity contribution is 0.0563. The summed E-state index contributed by atoms with van der Waals surface area (Å²) in [6, 6.07) is 11.3. The maximum absolute atomic E-state index is 10.3. The number of H-pyrrole nitrogens is 1. The minimum absolute atomic E-state index is 0. The van der Waals surface area contributed by atoms with Crippen molar-refractivity contribution in [1.82, 2.24) is 19.7 Å². The minimum Gasteiger partial charge on any atom is -0.461 e. The number of rotatable bonds is 6. The summed E-state index contributed by atoms with van der Waals surface area (Å²) in [6.07, 6.45) is 4.17. The molecule has 28 heavy (non-hydrogen) atoms. The summed E-state index contributed by atoms with van der Waals surface area (Å²) in [7, 11) is 0. The monoisotopic (exact) mass is 401 g/mol. The largest absolute Gasteiger partial charge is 0.461 e. The van der Waals surface area contributed by atoms with E-state index in [1.807, 2.05) is 24.4 Å². The number of hydrogen-bond acceptors (Lipinski definition) is 5. The Bertz CT molecular complexity index is 1050. The zero-order valence-electron chi connectivity index (χ0n) is 15.8. The molecule has 0 bridgehead atoms. The van der Waals surface area contributed by atoms with Crippen molar-refractivity contribution in [2.24, 2.45) is 5.73 Å². The molecular formula is C20H24ClN5O2. The van der Waals surface area contributed by atoms with Gasteiger partial charge in [0.1, 0.15) is 5.82 Å². The average Bonchev–Trinajstić information content (AvgIpc) is 3.33. The number of nitrogens with zero attached hydrogens (tertiary/aromatic N) is 3. The second-order valence-electron chi connectivity index (χ2n) is 7.41. The molecule has 3 aromatic heterocycles. The van der Waals surface area contributed by atoms with Crippen LogP contribution >= 0.6 is 12.4 Å². The number of halogens is 1. The zero-order chi connectivity index (χ0) is 19.0. The van der Waals surface area contributed by atoms with E-state index in [1.54, 1.807) is 36.9 Å². The van der Waals surface area contributed by atoms with E-state index in [4.69, 9.17) is 10.2 Å². The standard InChI is InChI=1S/C20H23N5O2.ClH/c1-20(2,26)12-25-19(23-18(24-25)17-8-5-9-27-17)15(21)10-13-11-22-16-7-4-3-6-14(13)16;/h3-9,11,15,22,26H,10,12,21H2,1-2H3;1H/t15-;/m0./s1. The third kappa shape index (κ3) is 4.11. The van der Waals surface area contributed by atoms with E-state index in [9.17, 15) is 5.11 Å². The van der Waals surface area contributed by atoms with Crippen molar-refractivity contribution >= 4 is 23.3 Å². The van der Waals surface area contributed by atoms with Gasteiger partial charge < -0.3 is 20.2 Å². The Hall–Kier alpha value is -2.61. The molecule has 0 saturated carbocycles. The van der Waals surface area contributed by atoms with E-state index >= 15 is 0 Å². The molecule has 0 aliphatic heterocycles. The van der Waals surface area contributed by atoms with Crippen molar-refractivity contribution in [3.63, 3.8) is 0 Å². The van der Waals surface area contributed by atoms with Crippen molar-refractivity contribution < 1.29 is 9.52 Å². The van der Waals surface area contributed by atoms with Crippen LogP contribution in [-0.2, 0) is 13.0 Å². The number of nitrogens with one attached hydrogen (secondary N) is 1. The van der Waals surface area contributed by atoms with Crippen LogP contribution in [-0.4, -0.2) is 30.5 Å². The van der Waals surface area contributed by atoms with Crippen LogP contribution in [0.1, 0.15) is 31.3 Å². The lowest BCUT2D eigenvalue weighted by Gasteiger charge is -2.19. The van der Waals surface area contributed by atoms with E-state index in [-0.39, 0.29) is 25.0 Å². The van der Waals surface area contributed by atoms with Gasteiger partial charge in [-0.25, -0.2) is 9.67 Å². The number of aromatic nitrogens is 4. The van der Waals surface area contributed by atoms with Gasteiger partial charge >= 0.3 is 0 Å². The fourth-order valence-corrected chi connectivity index (χ4v) is 3.25. The number of fused-ring (bicyclic) bond motifs is 1. The maximum Gasteiger partial charge on any atom is 0.217 e. The van der Waals surface area contributed by atoms with Gasteiger partial charge in [-0.2, -0.15) is 0 Å². The number of aromatic amines is 1. The highest BCUT2D eigenvalue weighted by molar-refractivity contribution is 5.85. The van der Waals surface area contributed by atoms with Gasteiger partial charge in [0.25, 0.3) is 0 Å². The van der Waals surface area contributed by atoms with Gasteiger partial charge in [-0.15, -0.1) is 17.5 Å². The van der Waals surface area contributed by atoms with Crippen LogP contribution in [0, 0.1) is 0 Å². The van der Waals surface area contributed by atoms with E-state index in [2.05, 4.69) is 21.1 Å². The second kappa shape index (κ2) is 7.79. The average molecular weight is 402 g/mol. The van der Waals surface area contributed by atoms with Crippen molar-refractivity contribution in [3.05, 3.63) is 60.2 Å². The van der Waals surface area contributed by atoms with E-state index in [0.29, 0.717) is 23.8 Å². The molecule has 0 amide bonds. The third-order valence-corrected chi connectivity index (χ3v) is 4.42. The normalized spacial score (nSPS) is 12.9. The molecule has 0 aliphatic carbocycles. The van der Waals surface area contributed by atoms with Crippen LogP contribution in [0.25, 0.3) is 22.5 Å². The van der Waals surface area contributed by atoms with Crippen LogP contribution in [0.2, 0.25) is 0 Å². The molecule has 7 nitrogen and oxygen atoms in total. The Balaban J connectivity index is 0.00000225. The van der Waals surface area contributed by atoms with Crippen molar-refractivity contribution in [3.8, 4) is 11.6 Å². The van der Waals surface area contributed by atoms with Crippen LogP contribution < -0.4 is 5.73 Å². The molecular weight excluding hydrogens is 378 g/mol. The van der Waals surface area contributed by atoms with Crippen molar-refractivity contribution in [1.29, 1.82) is 0 Å². The molecule has 0 fully saturated rings. The number of aliphatic hydroxyl groups is 1. The Morgan fingerprint density at radius 3 is 2.75 bits per heavy atom. The SMILES string of the molecule is CC(C)(O)Cn1nc(-c2ccco2)nc1[C@@H](N)Cc1c[nH]c2ccccc12.Cl. The first-order chi connectivity index (χ1) is 12.9. The van der Waals surface area contributed by atoms with Crippen LogP contribution in [0.4, 0.5) is 0 Å². The number of furan rings is 1. The first-order valence-corrected chi connectivity index (χ1v) is 8.92. The van der Waals surface area contributed by atoms with Gasteiger partial charge in [0.05, 0.1) is 24.5 Å². The van der Waals surface area contributed by atoms with Crippen LogP contribution in [0.5, 0.6) is 0 Å². The van der Waals surface area contributed by atoms with E-state index in [0.717, 1.165) is 16.5 Å². The predicted octanol–water partition coefficient (Wildman–Crippen LogP) is 3.45. The quantitative estimate of drug-likeness (QED) is 0.458. The van der Waals surface area contributed by atoms with Gasteiger partial charge in [0, 0.05) is 17.1 Å². The zero-order valence-corrected chi connectivity index (χ0v) is 16.6. The molecule has 0 aliphatic rings. The van der Waals surface area contributed by atoms with Crippen LogP contribution in [0.3, 0.4) is 0 Å². The highest BCUT2D eigenvalue weighted by Gasteiger charge is 2.24. The van der Waals surface area contributed by atoms with E-state index < -0.39 is 5.60 Å². The van der Waals surface area contributed by atoms with Crippen molar-refractivity contribution in [2.75, 3.05) is 0 Å². The summed E-state index contributed by atoms with van der Waals surface area (Å²) >= 11 is 0. The molecule has 4 aromatic rings. The lowest BCUT2D eigenvalue weighted by Crippen LogP contribution is -2.30. The molecule has 3 heterocycles. The number of nitrogens with two attached hydrogens (primary N) is 1. The van der Waals surface area contributed by atoms with Gasteiger partial charge in [0.15, 0.2) is 5.76 Å². The molecule has 0 radical (unpaired) electrons. The molecule has 8 heteroatoms. The molecule has 148 valence electrons. The smallest absolute Gasteiger partial charge is 0.217 e. The summed E-state index contributed by atoms with van der Waals surface area (Å²) < 4.78 is 7.09. The second-order valence-corrected chi connectivity index (χ2v) is 7.41. The summed E-state index contributed by atoms with van der Waals surface area (Å²) in [6.45, 7) is 3.75. The molecule has 0 unspecified atom stereocenters. The Morgan fingerprint density at radius 1 is 1.25 bits per heavy atom. The van der Waals surface area contributed by atoms with Crippen molar-refractivity contribution in [2.45, 2.75) is 38.5 Å². The highest BCUT2D eigenvalue weighted by atomic mass is 35.5. The summed E-state index contributed by atoms with van der Waals surface area (Å²) in [5, 5.41) is 15.9. The summed E-state index contributed by atoms with van der Waals surface area (Å²) in [5.41, 5.74) is 7.77. The van der Waals surface area contributed by atoms with Gasteiger partial charge in [0.2, 0.25) is 5.82 Å².